The van der Waals surface area contributed by atoms with Crippen LogP contribution in [0.2, 0.25) is 0 Å². The smallest absolute Gasteiger partial charge is 0.339 e. The lowest BCUT2D eigenvalue weighted by Crippen LogP contribution is -2.45. The highest BCUT2D eigenvalue weighted by molar-refractivity contribution is 5.98. The number of ether oxygens (including phenoxy) is 1. The van der Waals surface area contributed by atoms with Crippen molar-refractivity contribution in [3.8, 4) is 0 Å². The van der Waals surface area contributed by atoms with Gasteiger partial charge in [0.15, 0.2) is 0 Å². The summed E-state index contributed by atoms with van der Waals surface area (Å²) >= 11 is 0. The fourth-order valence-corrected chi connectivity index (χ4v) is 2.31. The van der Waals surface area contributed by atoms with Gasteiger partial charge in [-0.05, 0) is 17.5 Å². The second kappa shape index (κ2) is 5.63. The second-order valence-electron chi connectivity index (χ2n) is 5.92. The summed E-state index contributed by atoms with van der Waals surface area (Å²) in [5, 5.41) is 0. The molecule has 0 saturated carbocycles. The number of rotatable bonds is 3. The third-order valence-corrected chi connectivity index (χ3v) is 3.43. The number of hydrogen-bond acceptors (Lipinski definition) is 5. The molecular weight excluding hydrogens is 272 g/mol. The van der Waals surface area contributed by atoms with Crippen LogP contribution in [0.15, 0.2) is 18.3 Å². The van der Waals surface area contributed by atoms with Crippen LogP contribution in [0.1, 0.15) is 42.7 Å². The first-order valence-electron chi connectivity index (χ1n) is 6.69. The van der Waals surface area contributed by atoms with E-state index < -0.39 is 5.97 Å². The van der Waals surface area contributed by atoms with E-state index in [1.807, 2.05) is 13.8 Å². The van der Waals surface area contributed by atoms with Crippen molar-refractivity contribution in [2.45, 2.75) is 33.2 Å². The Balaban J connectivity index is 2.09. The number of aromatic nitrogens is 1. The molecule has 0 atom stereocenters. The van der Waals surface area contributed by atoms with Gasteiger partial charge in [-0.25, -0.2) is 4.79 Å². The Hall–Kier alpha value is -2.24. The molecule has 2 rings (SSSR count). The minimum atomic E-state index is -0.471. The molecule has 1 fully saturated rings. The summed E-state index contributed by atoms with van der Waals surface area (Å²) in [5.74, 6) is -0.842. The lowest BCUT2D eigenvalue weighted by Gasteiger charge is -2.34. The summed E-state index contributed by atoms with van der Waals surface area (Å²) in [4.78, 5) is 40.7. The normalized spacial score (nSPS) is 17.8. The Morgan fingerprint density at radius 2 is 1.90 bits per heavy atom. The lowest BCUT2D eigenvalue weighted by atomic mass is 9.82. The van der Waals surface area contributed by atoms with Gasteiger partial charge in [-0.3, -0.25) is 19.5 Å². The van der Waals surface area contributed by atoms with Gasteiger partial charge in [-0.1, -0.05) is 13.8 Å². The Morgan fingerprint density at radius 3 is 2.38 bits per heavy atom. The van der Waals surface area contributed by atoms with Gasteiger partial charge in [0, 0.05) is 19.0 Å². The van der Waals surface area contributed by atoms with Crippen LogP contribution in [0, 0.1) is 5.41 Å². The van der Waals surface area contributed by atoms with Crippen molar-refractivity contribution < 1.29 is 19.1 Å². The third kappa shape index (κ3) is 3.45. The zero-order chi connectivity index (χ0) is 15.6. The van der Waals surface area contributed by atoms with Crippen molar-refractivity contribution in [1.82, 2.24) is 9.88 Å². The number of amides is 2. The van der Waals surface area contributed by atoms with Gasteiger partial charge in [-0.15, -0.1) is 0 Å². The SMILES string of the molecule is COC(=O)c1ccc(CN2C(=O)CC(C)(C)CC2=O)nc1. The molecule has 0 bridgehead atoms. The summed E-state index contributed by atoms with van der Waals surface area (Å²) < 4.78 is 4.59. The van der Waals surface area contributed by atoms with Gasteiger partial charge in [0.05, 0.1) is 24.9 Å². The number of pyridine rings is 1. The molecule has 1 aliphatic rings. The van der Waals surface area contributed by atoms with E-state index in [1.54, 1.807) is 12.1 Å². The highest BCUT2D eigenvalue weighted by atomic mass is 16.5. The van der Waals surface area contributed by atoms with E-state index in [-0.39, 0.29) is 23.8 Å². The highest BCUT2D eigenvalue weighted by Gasteiger charge is 2.37. The zero-order valence-electron chi connectivity index (χ0n) is 12.4. The molecule has 0 aromatic carbocycles. The molecule has 0 radical (unpaired) electrons. The number of carbonyl (C=O) groups is 3. The van der Waals surface area contributed by atoms with Crippen molar-refractivity contribution in [2.24, 2.45) is 5.41 Å². The van der Waals surface area contributed by atoms with Gasteiger partial charge in [0.2, 0.25) is 11.8 Å². The molecule has 112 valence electrons. The molecule has 21 heavy (non-hydrogen) atoms. The Morgan fingerprint density at radius 1 is 1.29 bits per heavy atom. The molecule has 0 unspecified atom stereocenters. The Bertz CT molecular complexity index is 558. The average Bonchev–Trinajstić information content (AvgIpc) is 2.41. The van der Waals surface area contributed by atoms with Crippen molar-refractivity contribution in [1.29, 1.82) is 0 Å². The van der Waals surface area contributed by atoms with Crippen LogP contribution < -0.4 is 0 Å². The number of esters is 1. The van der Waals surface area contributed by atoms with Gasteiger partial charge in [0.25, 0.3) is 0 Å². The molecule has 6 nitrogen and oxygen atoms in total. The van der Waals surface area contributed by atoms with Crippen LogP contribution in [0.25, 0.3) is 0 Å². The number of imide groups is 1. The first-order chi connectivity index (χ1) is 9.82. The summed E-state index contributed by atoms with van der Waals surface area (Å²) in [7, 11) is 1.29. The summed E-state index contributed by atoms with van der Waals surface area (Å²) in [5.41, 5.74) is 0.607. The molecule has 1 aromatic rings. The minimum Gasteiger partial charge on any atom is -0.465 e. The van der Waals surface area contributed by atoms with Crippen LogP contribution in [0.4, 0.5) is 0 Å². The average molecular weight is 290 g/mol. The quantitative estimate of drug-likeness (QED) is 0.623. The number of methoxy groups -OCH3 is 1. The predicted octanol–water partition coefficient (Wildman–Crippen LogP) is 1.54. The van der Waals surface area contributed by atoms with E-state index in [4.69, 9.17) is 0 Å². The maximum absolute atomic E-state index is 12.0. The van der Waals surface area contributed by atoms with Crippen molar-refractivity contribution in [3.63, 3.8) is 0 Å². The van der Waals surface area contributed by atoms with Crippen molar-refractivity contribution in [3.05, 3.63) is 29.6 Å². The van der Waals surface area contributed by atoms with Crippen LogP contribution in [0.5, 0.6) is 0 Å². The molecule has 0 spiro atoms. The molecular formula is C15H18N2O4. The predicted molar refractivity (Wildman–Crippen MR) is 74.1 cm³/mol. The molecule has 0 aliphatic carbocycles. The van der Waals surface area contributed by atoms with E-state index >= 15 is 0 Å². The second-order valence-corrected chi connectivity index (χ2v) is 5.92. The van der Waals surface area contributed by atoms with Gasteiger partial charge < -0.3 is 4.74 Å². The first-order valence-corrected chi connectivity index (χ1v) is 6.69. The maximum atomic E-state index is 12.0. The number of nitrogens with zero attached hydrogens (tertiary/aromatic N) is 2. The zero-order valence-corrected chi connectivity index (χ0v) is 12.4. The number of likely N-dealkylation sites (tertiary alicyclic amines) is 1. The maximum Gasteiger partial charge on any atom is 0.339 e. The van der Waals surface area contributed by atoms with E-state index in [2.05, 4.69) is 9.72 Å². The van der Waals surface area contributed by atoms with Crippen LogP contribution in [-0.2, 0) is 20.9 Å². The first kappa shape index (κ1) is 15.2. The largest absolute Gasteiger partial charge is 0.465 e. The standard InChI is InChI=1S/C15H18N2O4/c1-15(2)6-12(18)17(13(19)7-15)9-11-5-4-10(8-16-11)14(20)21-3/h4-5,8H,6-7,9H2,1-3H3. The molecule has 6 heteroatoms. The van der Waals surface area contributed by atoms with E-state index in [0.29, 0.717) is 24.1 Å². The van der Waals surface area contributed by atoms with Crippen LogP contribution in [0.3, 0.4) is 0 Å². The topological polar surface area (TPSA) is 76.6 Å². The summed E-state index contributed by atoms with van der Waals surface area (Å²) in [6, 6.07) is 3.18. The fourth-order valence-electron chi connectivity index (χ4n) is 2.31. The van der Waals surface area contributed by atoms with E-state index in [9.17, 15) is 14.4 Å². The van der Waals surface area contributed by atoms with Crippen LogP contribution >= 0.6 is 0 Å². The molecule has 2 amide bonds. The number of hydrogen-bond donors (Lipinski definition) is 0. The van der Waals surface area contributed by atoms with Crippen molar-refractivity contribution >= 4 is 17.8 Å². The molecule has 2 heterocycles. The fraction of sp³-hybridized carbons (Fsp3) is 0.467. The minimum absolute atomic E-state index is 0.134. The van der Waals surface area contributed by atoms with Crippen LogP contribution in [-0.4, -0.2) is 34.8 Å². The Kier molecular flexibility index (Phi) is 4.06. The molecule has 0 N–H and O–H groups in total. The van der Waals surface area contributed by atoms with E-state index in [0.717, 1.165) is 0 Å². The molecule has 1 aromatic heterocycles. The lowest BCUT2D eigenvalue weighted by molar-refractivity contribution is -0.153. The van der Waals surface area contributed by atoms with Crippen molar-refractivity contribution in [2.75, 3.05) is 7.11 Å². The molecule has 1 aliphatic heterocycles. The number of carbonyl (C=O) groups excluding carboxylic acids is 3. The summed E-state index contributed by atoms with van der Waals surface area (Å²) in [6.07, 6.45) is 2.07. The highest BCUT2D eigenvalue weighted by Crippen LogP contribution is 2.31. The number of piperidine rings is 1. The van der Waals surface area contributed by atoms with Gasteiger partial charge >= 0.3 is 5.97 Å². The van der Waals surface area contributed by atoms with Gasteiger partial charge in [0.1, 0.15) is 0 Å². The van der Waals surface area contributed by atoms with Gasteiger partial charge in [-0.2, -0.15) is 0 Å². The molecule has 1 saturated heterocycles. The summed E-state index contributed by atoms with van der Waals surface area (Å²) in [6.45, 7) is 3.95. The Labute approximate surface area is 123 Å². The van der Waals surface area contributed by atoms with E-state index in [1.165, 1.54) is 18.2 Å². The monoisotopic (exact) mass is 290 g/mol. The third-order valence-electron chi connectivity index (χ3n) is 3.43.